The van der Waals surface area contributed by atoms with Crippen LogP contribution >= 0.6 is 0 Å². The maximum Gasteiger partial charge on any atom is 0.317 e. The highest BCUT2D eigenvalue weighted by molar-refractivity contribution is 5.74. The number of carbonyl (C=O) groups excluding carboxylic acids is 1. The van der Waals surface area contributed by atoms with Crippen molar-refractivity contribution in [2.75, 3.05) is 26.2 Å². The molecule has 1 heterocycles. The summed E-state index contributed by atoms with van der Waals surface area (Å²) in [5.74, 6) is -0.567. The molecule has 1 rings (SSSR count). The van der Waals surface area contributed by atoms with E-state index < -0.39 is 12.1 Å². The van der Waals surface area contributed by atoms with Gasteiger partial charge in [0.1, 0.15) is 0 Å². The molecular formula is C14H23N3O4. The predicted octanol–water partition coefficient (Wildman–Crippen LogP) is 1.06. The van der Waals surface area contributed by atoms with E-state index in [4.69, 9.17) is 15.1 Å². The maximum absolute atomic E-state index is 12.0. The number of amides is 2. The lowest BCUT2D eigenvalue weighted by atomic mass is 9.94. The van der Waals surface area contributed by atoms with Crippen LogP contribution < -0.4 is 5.32 Å². The molecule has 2 N–H and O–H groups in total. The van der Waals surface area contributed by atoms with E-state index in [1.165, 1.54) is 4.90 Å². The van der Waals surface area contributed by atoms with Crippen LogP contribution in [-0.2, 0) is 9.53 Å². The zero-order valence-electron chi connectivity index (χ0n) is 12.5. The number of carboxylic acid groups (broad SMARTS) is 1. The fraction of sp³-hybridized carbons (Fsp3) is 0.786. The zero-order chi connectivity index (χ0) is 15.8. The van der Waals surface area contributed by atoms with Gasteiger partial charge in [0.05, 0.1) is 19.2 Å². The Morgan fingerprint density at radius 1 is 1.52 bits per heavy atom. The Bertz CT molecular complexity index is 406. The number of nitrogens with one attached hydrogen (secondary N) is 1. The number of rotatable bonds is 6. The fourth-order valence-corrected chi connectivity index (χ4v) is 2.41. The second kappa shape index (κ2) is 8.47. The normalized spacial score (nSPS) is 19.9. The van der Waals surface area contributed by atoms with E-state index in [-0.39, 0.29) is 24.9 Å². The smallest absolute Gasteiger partial charge is 0.317 e. The number of carbonyl (C=O) groups is 2. The lowest BCUT2D eigenvalue weighted by Gasteiger charge is -2.30. The maximum atomic E-state index is 12.0. The van der Waals surface area contributed by atoms with Crippen LogP contribution in [0.3, 0.4) is 0 Å². The van der Waals surface area contributed by atoms with Crippen molar-refractivity contribution in [2.24, 2.45) is 11.8 Å². The second-order valence-corrected chi connectivity index (χ2v) is 5.71. The van der Waals surface area contributed by atoms with Gasteiger partial charge in [0.15, 0.2) is 6.10 Å². The lowest BCUT2D eigenvalue weighted by Crippen LogP contribution is -2.50. The van der Waals surface area contributed by atoms with Crippen LogP contribution in [0.1, 0.15) is 26.7 Å². The van der Waals surface area contributed by atoms with E-state index in [0.29, 0.717) is 25.6 Å². The van der Waals surface area contributed by atoms with Gasteiger partial charge in [0, 0.05) is 19.5 Å². The molecule has 0 saturated carbocycles. The molecule has 0 aromatic carbocycles. The van der Waals surface area contributed by atoms with E-state index in [1.54, 1.807) is 0 Å². The molecule has 0 spiro atoms. The van der Waals surface area contributed by atoms with Gasteiger partial charge < -0.3 is 20.1 Å². The summed E-state index contributed by atoms with van der Waals surface area (Å²) in [5.41, 5.74) is 0. The summed E-state index contributed by atoms with van der Waals surface area (Å²) in [6.07, 6.45) is 0.203. The third-order valence-electron chi connectivity index (χ3n) is 3.31. The first-order valence-corrected chi connectivity index (χ1v) is 7.18. The van der Waals surface area contributed by atoms with Crippen LogP contribution in [-0.4, -0.2) is 54.4 Å². The van der Waals surface area contributed by atoms with Crippen LogP contribution in [0.15, 0.2) is 0 Å². The number of morpholine rings is 1. The molecule has 0 aliphatic carbocycles. The molecule has 21 heavy (non-hydrogen) atoms. The highest BCUT2D eigenvalue weighted by Crippen LogP contribution is 2.15. The van der Waals surface area contributed by atoms with Gasteiger partial charge in [-0.05, 0) is 18.3 Å². The van der Waals surface area contributed by atoms with E-state index in [0.717, 1.165) is 6.42 Å². The fourth-order valence-electron chi connectivity index (χ4n) is 2.41. The van der Waals surface area contributed by atoms with E-state index in [2.05, 4.69) is 5.32 Å². The second-order valence-electron chi connectivity index (χ2n) is 5.71. The van der Waals surface area contributed by atoms with Gasteiger partial charge in [-0.15, -0.1) is 0 Å². The number of urea groups is 1. The minimum atomic E-state index is -0.856. The van der Waals surface area contributed by atoms with Crippen molar-refractivity contribution in [1.82, 2.24) is 10.2 Å². The van der Waals surface area contributed by atoms with Crippen LogP contribution in [0.5, 0.6) is 0 Å². The Morgan fingerprint density at radius 3 is 2.81 bits per heavy atom. The van der Waals surface area contributed by atoms with Gasteiger partial charge in [-0.3, -0.25) is 4.79 Å². The van der Waals surface area contributed by atoms with Crippen LogP contribution in [0, 0.1) is 23.2 Å². The predicted molar refractivity (Wildman–Crippen MR) is 75.5 cm³/mol. The molecular weight excluding hydrogens is 274 g/mol. The third kappa shape index (κ3) is 6.45. The Morgan fingerprint density at radius 2 is 2.24 bits per heavy atom. The van der Waals surface area contributed by atoms with Crippen LogP contribution in [0.2, 0.25) is 0 Å². The molecule has 0 aromatic heterocycles. The first-order valence-electron chi connectivity index (χ1n) is 7.18. The minimum Gasteiger partial charge on any atom is -0.481 e. The number of aliphatic carboxylic acids is 1. The quantitative estimate of drug-likeness (QED) is 0.763. The van der Waals surface area contributed by atoms with Crippen molar-refractivity contribution in [1.29, 1.82) is 5.26 Å². The average Bonchev–Trinajstić information content (AvgIpc) is 2.43. The number of hydrogen-bond acceptors (Lipinski definition) is 4. The largest absolute Gasteiger partial charge is 0.481 e. The molecule has 0 aromatic rings. The van der Waals surface area contributed by atoms with E-state index >= 15 is 0 Å². The van der Waals surface area contributed by atoms with Gasteiger partial charge in [-0.1, -0.05) is 13.8 Å². The molecule has 1 fully saturated rings. The molecule has 0 bridgehead atoms. The highest BCUT2D eigenvalue weighted by atomic mass is 16.5. The van der Waals surface area contributed by atoms with E-state index in [9.17, 15) is 9.59 Å². The van der Waals surface area contributed by atoms with Crippen molar-refractivity contribution in [3.8, 4) is 6.07 Å². The molecule has 7 heteroatoms. The minimum absolute atomic E-state index is 0.0440. The topological polar surface area (TPSA) is 103 Å². The number of ether oxygens (including phenoxy) is 1. The number of nitriles is 1. The molecule has 7 nitrogen and oxygen atoms in total. The Kier molecular flexibility index (Phi) is 6.96. The molecule has 1 aliphatic rings. The summed E-state index contributed by atoms with van der Waals surface area (Å²) in [4.78, 5) is 24.4. The van der Waals surface area contributed by atoms with Crippen molar-refractivity contribution in [3.05, 3.63) is 0 Å². The standard InChI is InChI=1S/C14H23N3O4/c1-10(2)5-11(6-13(18)19)8-16-14(20)17-3-4-21-12(7-15)9-17/h10-12H,3-6,8-9H2,1-2H3,(H,16,20)(H,18,19)/t11-,12?/m0/s1. The summed E-state index contributed by atoms with van der Waals surface area (Å²) >= 11 is 0. The molecule has 1 unspecified atom stereocenters. The monoisotopic (exact) mass is 297 g/mol. The summed E-state index contributed by atoms with van der Waals surface area (Å²) in [5, 5.41) is 20.5. The van der Waals surface area contributed by atoms with Crippen LogP contribution in [0.4, 0.5) is 4.79 Å². The lowest BCUT2D eigenvalue weighted by molar-refractivity contribution is -0.138. The molecule has 2 atom stereocenters. The zero-order valence-corrected chi connectivity index (χ0v) is 12.5. The summed E-state index contributed by atoms with van der Waals surface area (Å²) in [7, 11) is 0. The molecule has 0 radical (unpaired) electrons. The van der Waals surface area contributed by atoms with E-state index in [1.807, 2.05) is 19.9 Å². The average molecular weight is 297 g/mol. The van der Waals surface area contributed by atoms with Crippen molar-refractivity contribution < 1.29 is 19.4 Å². The van der Waals surface area contributed by atoms with Crippen molar-refractivity contribution >= 4 is 12.0 Å². The van der Waals surface area contributed by atoms with Gasteiger partial charge in [-0.25, -0.2) is 4.79 Å². The van der Waals surface area contributed by atoms with Crippen molar-refractivity contribution in [3.63, 3.8) is 0 Å². The third-order valence-corrected chi connectivity index (χ3v) is 3.31. The Labute approximate surface area is 124 Å². The van der Waals surface area contributed by atoms with Gasteiger partial charge in [-0.2, -0.15) is 5.26 Å². The summed E-state index contributed by atoms with van der Waals surface area (Å²) in [6.45, 7) is 5.41. The first-order chi connectivity index (χ1) is 9.92. The van der Waals surface area contributed by atoms with Gasteiger partial charge in [0.25, 0.3) is 0 Å². The van der Waals surface area contributed by atoms with Crippen LogP contribution in [0.25, 0.3) is 0 Å². The molecule has 2 amide bonds. The summed E-state index contributed by atoms with van der Waals surface area (Å²) < 4.78 is 5.18. The molecule has 1 aliphatic heterocycles. The summed E-state index contributed by atoms with van der Waals surface area (Å²) in [6, 6.07) is 1.72. The molecule has 118 valence electrons. The molecule has 1 saturated heterocycles. The Balaban J connectivity index is 2.45. The SMILES string of the molecule is CC(C)C[C@H](CNC(=O)N1CCOC(C#N)C1)CC(=O)O. The van der Waals surface area contributed by atoms with Crippen molar-refractivity contribution in [2.45, 2.75) is 32.8 Å². The highest BCUT2D eigenvalue weighted by Gasteiger charge is 2.24. The number of nitrogens with zero attached hydrogens (tertiary/aromatic N) is 2. The van der Waals surface area contributed by atoms with Gasteiger partial charge >= 0.3 is 12.0 Å². The number of hydrogen-bond donors (Lipinski definition) is 2. The first kappa shape index (κ1) is 17.2. The number of carboxylic acids is 1. The van der Waals surface area contributed by atoms with Gasteiger partial charge in [0.2, 0.25) is 0 Å². The Hall–Kier alpha value is -1.81.